The maximum Gasteiger partial charge on any atom is 0.0720 e. The Balaban J connectivity index is 1.82. The topological polar surface area (TPSA) is 29.5 Å². The molecule has 1 saturated carbocycles. The summed E-state index contributed by atoms with van der Waals surface area (Å²) < 4.78 is 5.92. The van der Waals surface area contributed by atoms with Crippen LogP contribution in [-0.4, -0.2) is 17.3 Å². The van der Waals surface area contributed by atoms with E-state index in [2.05, 4.69) is 19.1 Å². The van der Waals surface area contributed by atoms with Crippen molar-refractivity contribution in [2.75, 3.05) is 0 Å². The minimum atomic E-state index is -0.119. The summed E-state index contributed by atoms with van der Waals surface area (Å²) in [6, 6.07) is 10.3. The highest BCUT2D eigenvalue weighted by Gasteiger charge is 2.26. The molecule has 0 heterocycles. The summed E-state index contributed by atoms with van der Waals surface area (Å²) >= 11 is 0. The van der Waals surface area contributed by atoms with Crippen molar-refractivity contribution in [3.05, 3.63) is 35.9 Å². The molecule has 0 radical (unpaired) electrons. The SMILES string of the molecule is C[C@@H]1C[C@H](O)CC[C@@H]1OCc1ccccc1. The fourth-order valence-corrected chi connectivity index (χ4v) is 2.37. The molecule has 0 unspecified atom stereocenters. The van der Waals surface area contributed by atoms with Gasteiger partial charge in [0.25, 0.3) is 0 Å². The van der Waals surface area contributed by atoms with Gasteiger partial charge in [0, 0.05) is 0 Å². The van der Waals surface area contributed by atoms with Crippen molar-refractivity contribution >= 4 is 0 Å². The average molecular weight is 220 g/mol. The molecule has 0 aliphatic heterocycles. The number of aliphatic hydroxyl groups excluding tert-OH is 1. The molecule has 0 aromatic heterocycles. The van der Waals surface area contributed by atoms with Crippen molar-refractivity contribution in [1.29, 1.82) is 0 Å². The Morgan fingerprint density at radius 2 is 2.00 bits per heavy atom. The summed E-state index contributed by atoms with van der Waals surface area (Å²) in [6.45, 7) is 2.85. The van der Waals surface area contributed by atoms with Gasteiger partial charge in [0.15, 0.2) is 0 Å². The lowest BCUT2D eigenvalue weighted by Crippen LogP contribution is -2.31. The second kappa shape index (κ2) is 5.46. The van der Waals surface area contributed by atoms with E-state index in [1.54, 1.807) is 0 Å². The number of hydrogen-bond donors (Lipinski definition) is 1. The van der Waals surface area contributed by atoms with Gasteiger partial charge in [-0.15, -0.1) is 0 Å². The van der Waals surface area contributed by atoms with E-state index < -0.39 is 0 Å². The van der Waals surface area contributed by atoms with Crippen molar-refractivity contribution in [3.63, 3.8) is 0 Å². The van der Waals surface area contributed by atoms with Crippen LogP contribution in [0.4, 0.5) is 0 Å². The number of aliphatic hydroxyl groups is 1. The van der Waals surface area contributed by atoms with Crippen molar-refractivity contribution in [2.24, 2.45) is 5.92 Å². The molecule has 1 aliphatic rings. The van der Waals surface area contributed by atoms with Gasteiger partial charge >= 0.3 is 0 Å². The van der Waals surface area contributed by atoms with Crippen LogP contribution in [-0.2, 0) is 11.3 Å². The Morgan fingerprint density at radius 1 is 1.25 bits per heavy atom. The zero-order valence-corrected chi connectivity index (χ0v) is 9.80. The first-order chi connectivity index (χ1) is 7.75. The molecule has 16 heavy (non-hydrogen) atoms. The minimum Gasteiger partial charge on any atom is -0.393 e. The molecule has 2 nitrogen and oxygen atoms in total. The van der Waals surface area contributed by atoms with E-state index in [9.17, 15) is 5.11 Å². The molecule has 88 valence electrons. The lowest BCUT2D eigenvalue weighted by Gasteiger charge is -2.31. The Labute approximate surface area is 97.3 Å². The van der Waals surface area contributed by atoms with Gasteiger partial charge in [-0.2, -0.15) is 0 Å². The standard InChI is InChI=1S/C14H20O2/c1-11-9-13(15)7-8-14(11)16-10-12-5-3-2-4-6-12/h2-6,11,13-15H,7-10H2,1H3/t11-,13-,14+/m1/s1. The first-order valence-electron chi connectivity index (χ1n) is 6.09. The number of benzene rings is 1. The van der Waals surface area contributed by atoms with E-state index in [1.165, 1.54) is 5.56 Å². The second-order valence-corrected chi connectivity index (χ2v) is 4.78. The molecule has 1 aromatic carbocycles. The lowest BCUT2D eigenvalue weighted by atomic mass is 9.86. The Hall–Kier alpha value is -0.860. The van der Waals surface area contributed by atoms with Crippen molar-refractivity contribution in [2.45, 2.75) is 45.0 Å². The highest BCUT2D eigenvalue weighted by Crippen LogP contribution is 2.27. The third-order valence-electron chi connectivity index (χ3n) is 3.37. The van der Waals surface area contributed by atoms with Gasteiger partial charge in [-0.1, -0.05) is 37.3 Å². The number of ether oxygens (including phenoxy) is 1. The van der Waals surface area contributed by atoms with Gasteiger partial charge in [-0.3, -0.25) is 0 Å². The third-order valence-corrected chi connectivity index (χ3v) is 3.37. The first kappa shape index (κ1) is 11.6. The minimum absolute atomic E-state index is 0.119. The van der Waals surface area contributed by atoms with Crippen LogP contribution in [0.2, 0.25) is 0 Å². The van der Waals surface area contributed by atoms with E-state index in [4.69, 9.17) is 4.74 Å². The van der Waals surface area contributed by atoms with E-state index in [0.29, 0.717) is 18.6 Å². The van der Waals surface area contributed by atoms with Gasteiger partial charge in [0.1, 0.15) is 0 Å². The first-order valence-corrected chi connectivity index (χ1v) is 6.09. The van der Waals surface area contributed by atoms with Crippen LogP contribution in [0.15, 0.2) is 30.3 Å². The smallest absolute Gasteiger partial charge is 0.0720 e. The van der Waals surface area contributed by atoms with Crippen molar-refractivity contribution in [1.82, 2.24) is 0 Å². The molecule has 2 heteroatoms. The largest absolute Gasteiger partial charge is 0.393 e. The Bertz CT molecular complexity index is 310. The van der Waals surface area contributed by atoms with Crippen molar-refractivity contribution < 1.29 is 9.84 Å². The Morgan fingerprint density at radius 3 is 2.69 bits per heavy atom. The van der Waals surface area contributed by atoms with E-state index in [1.807, 2.05) is 18.2 Å². The normalized spacial score (nSPS) is 30.2. The molecule has 0 amide bonds. The van der Waals surface area contributed by atoms with E-state index in [0.717, 1.165) is 19.3 Å². The maximum absolute atomic E-state index is 9.53. The van der Waals surface area contributed by atoms with Crippen LogP contribution in [0.3, 0.4) is 0 Å². The van der Waals surface area contributed by atoms with Crippen LogP contribution < -0.4 is 0 Å². The molecule has 0 saturated heterocycles. The monoisotopic (exact) mass is 220 g/mol. The molecule has 0 bridgehead atoms. The van der Waals surface area contributed by atoms with E-state index in [-0.39, 0.29) is 6.10 Å². The molecule has 1 N–H and O–H groups in total. The van der Waals surface area contributed by atoms with Gasteiger partial charge in [-0.25, -0.2) is 0 Å². The predicted molar refractivity (Wildman–Crippen MR) is 64.0 cm³/mol. The van der Waals surface area contributed by atoms with Crippen LogP contribution in [0.1, 0.15) is 31.7 Å². The quantitative estimate of drug-likeness (QED) is 0.848. The summed E-state index contributed by atoms with van der Waals surface area (Å²) in [5.41, 5.74) is 1.22. The van der Waals surface area contributed by atoms with Crippen LogP contribution in [0, 0.1) is 5.92 Å². The van der Waals surface area contributed by atoms with Gasteiger partial charge in [0.05, 0.1) is 18.8 Å². The van der Waals surface area contributed by atoms with Crippen LogP contribution >= 0.6 is 0 Å². The van der Waals surface area contributed by atoms with E-state index >= 15 is 0 Å². The van der Waals surface area contributed by atoms with Crippen LogP contribution in [0.5, 0.6) is 0 Å². The third kappa shape index (κ3) is 3.06. The summed E-state index contributed by atoms with van der Waals surface area (Å²) in [5.74, 6) is 0.465. The summed E-state index contributed by atoms with van der Waals surface area (Å²) in [6.07, 6.45) is 2.92. The van der Waals surface area contributed by atoms with Crippen molar-refractivity contribution in [3.8, 4) is 0 Å². The zero-order valence-electron chi connectivity index (χ0n) is 9.80. The number of hydrogen-bond acceptors (Lipinski definition) is 2. The predicted octanol–water partition coefficient (Wildman–Crippen LogP) is 2.75. The Kier molecular flexibility index (Phi) is 3.97. The summed E-state index contributed by atoms with van der Waals surface area (Å²) in [5, 5.41) is 9.53. The lowest BCUT2D eigenvalue weighted by molar-refractivity contribution is -0.0450. The van der Waals surface area contributed by atoms with Gasteiger partial charge in [0.2, 0.25) is 0 Å². The molecule has 1 aromatic rings. The molecular weight excluding hydrogens is 200 g/mol. The summed E-state index contributed by atoms with van der Waals surface area (Å²) in [4.78, 5) is 0. The molecular formula is C14H20O2. The molecule has 1 aliphatic carbocycles. The molecule has 3 atom stereocenters. The fraction of sp³-hybridized carbons (Fsp3) is 0.571. The highest BCUT2D eigenvalue weighted by atomic mass is 16.5. The number of rotatable bonds is 3. The van der Waals surface area contributed by atoms with Gasteiger partial charge < -0.3 is 9.84 Å². The zero-order chi connectivity index (χ0) is 11.4. The average Bonchev–Trinajstić information content (AvgIpc) is 2.29. The summed E-state index contributed by atoms with van der Waals surface area (Å²) in [7, 11) is 0. The molecule has 0 spiro atoms. The van der Waals surface area contributed by atoms with Gasteiger partial charge in [-0.05, 0) is 30.7 Å². The fourth-order valence-electron chi connectivity index (χ4n) is 2.37. The highest BCUT2D eigenvalue weighted by molar-refractivity contribution is 5.13. The molecule has 2 rings (SSSR count). The molecule has 1 fully saturated rings. The second-order valence-electron chi connectivity index (χ2n) is 4.78. The maximum atomic E-state index is 9.53. The van der Waals surface area contributed by atoms with Crippen LogP contribution in [0.25, 0.3) is 0 Å².